The van der Waals surface area contributed by atoms with E-state index in [9.17, 15) is 8.78 Å². The summed E-state index contributed by atoms with van der Waals surface area (Å²) in [6.45, 7) is 7.95. The van der Waals surface area contributed by atoms with Crippen molar-refractivity contribution in [3.63, 3.8) is 0 Å². The summed E-state index contributed by atoms with van der Waals surface area (Å²) in [5.74, 6) is -0.725. The molecule has 0 aliphatic carbocycles. The molecule has 0 aliphatic rings. The summed E-state index contributed by atoms with van der Waals surface area (Å²) in [6, 6.07) is 3.60. The van der Waals surface area contributed by atoms with Gasteiger partial charge < -0.3 is 5.32 Å². The summed E-state index contributed by atoms with van der Waals surface area (Å²) >= 11 is 0. The van der Waals surface area contributed by atoms with E-state index in [2.05, 4.69) is 10.2 Å². The highest BCUT2D eigenvalue weighted by Gasteiger charge is 2.08. The second kappa shape index (κ2) is 7.35. The Morgan fingerprint density at radius 2 is 2.00 bits per heavy atom. The topological polar surface area (TPSA) is 15.3 Å². The first-order valence-electron chi connectivity index (χ1n) is 6.04. The molecule has 0 amide bonds. The van der Waals surface area contributed by atoms with Gasteiger partial charge in [0.15, 0.2) is 0 Å². The number of likely N-dealkylation sites (N-methyl/N-ethyl adjacent to an activating group) is 2. The maximum absolute atomic E-state index is 13.4. The maximum atomic E-state index is 13.4. The van der Waals surface area contributed by atoms with Crippen LogP contribution in [-0.4, -0.2) is 31.1 Å². The molecule has 0 heterocycles. The van der Waals surface area contributed by atoms with Gasteiger partial charge in [0, 0.05) is 25.2 Å². The predicted octanol–water partition coefficient (Wildman–Crippen LogP) is 2.40. The van der Waals surface area contributed by atoms with Gasteiger partial charge in [-0.05, 0) is 31.3 Å². The van der Waals surface area contributed by atoms with E-state index in [-0.39, 0.29) is 11.6 Å². The highest BCUT2D eigenvalue weighted by atomic mass is 19.1. The summed E-state index contributed by atoms with van der Waals surface area (Å²) in [7, 11) is 0. The van der Waals surface area contributed by atoms with Crippen molar-refractivity contribution >= 4 is 0 Å². The monoisotopic (exact) mass is 242 g/mol. The Hall–Kier alpha value is -1.00. The van der Waals surface area contributed by atoms with Gasteiger partial charge >= 0.3 is 0 Å². The summed E-state index contributed by atoms with van der Waals surface area (Å²) < 4.78 is 26.5. The van der Waals surface area contributed by atoms with E-state index in [1.54, 1.807) is 0 Å². The van der Waals surface area contributed by atoms with E-state index in [4.69, 9.17) is 0 Å². The lowest BCUT2D eigenvalue weighted by molar-refractivity contribution is 0.275. The van der Waals surface area contributed by atoms with Crippen LogP contribution in [0.3, 0.4) is 0 Å². The van der Waals surface area contributed by atoms with E-state index < -0.39 is 0 Å². The smallest absolute Gasteiger partial charge is 0.127 e. The normalized spacial score (nSPS) is 11.1. The lowest BCUT2D eigenvalue weighted by Crippen LogP contribution is -2.31. The molecule has 0 radical (unpaired) electrons. The minimum Gasteiger partial charge on any atom is -0.316 e. The van der Waals surface area contributed by atoms with Gasteiger partial charge in [-0.15, -0.1) is 0 Å². The van der Waals surface area contributed by atoms with Gasteiger partial charge in [0.2, 0.25) is 0 Å². The van der Waals surface area contributed by atoms with Crippen molar-refractivity contribution in [2.24, 2.45) is 0 Å². The van der Waals surface area contributed by atoms with Gasteiger partial charge in [-0.25, -0.2) is 8.78 Å². The minimum absolute atomic E-state index is 0.340. The van der Waals surface area contributed by atoms with Gasteiger partial charge in [-0.3, -0.25) is 4.90 Å². The molecule has 1 aromatic rings. The highest BCUT2D eigenvalue weighted by molar-refractivity contribution is 5.18. The van der Waals surface area contributed by atoms with Crippen LogP contribution >= 0.6 is 0 Å². The summed E-state index contributed by atoms with van der Waals surface area (Å²) in [5.41, 5.74) is 0.420. The Balaban J connectivity index is 2.57. The second-order valence-corrected chi connectivity index (χ2v) is 3.96. The molecule has 1 N–H and O–H groups in total. The van der Waals surface area contributed by atoms with E-state index in [0.717, 1.165) is 32.2 Å². The number of benzene rings is 1. The zero-order chi connectivity index (χ0) is 12.7. The van der Waals surface area contributed by atoms with Crippen molar-refractivity contribution < 1.29 is 8.78 Å². The molecular weight excluding hydrogens is 222 g/mol. The molecule has 2 nitrogen and oxygen atoms in total. The Bertz CT molecular complexity index is 342. The quantitative estimate of drug-likeness (QED) is 0.739. The molecule has 0 saturated carbocycles. The SMILES string of the molecule is CCNCCN(CC)Cc1cc(F)ccc1F. The number of nitrogens with one attached hydrogen (secondary N) is 1. The van der Waals surface area contributed by atoms with E-state index in [0.29, 0.717) is 12.1 Å². The van der Waals surface area contributed by atoms with Crippen molar-refractivity contribution in [1.82, 2.24) is 10.2 Å². The minimum atomic E-state index is -0.385. The Morgan fingerprint density at radius 1 is 1.24 bits per heavy atom. The molecule has 17 heavy (non-hydrogen) atoms. The van der Waals surface area contributed by atoms with Gasteiger partial charge in [-0.2, -0.15) is 0 Å². The third-order valence-electron chi connectivity index (χ3n) is 2.70. The van der Waals surface area contributed by atoms with E-state index in [1.807, 2.05) is 13.8 Å². The fraction of sp³-hybridized carbons (Fsp3) is 0.538. The van der Waals surface area contributed by atoms with Crippen LogP contribution in [0.4, 0.5) is 8.78 Å². The standard InChI is InChI=1S/C13H20F2N2/c1-3-16-7-8-17(4-2)10-11-9-12(14)5-6-13(11)15/h5-6,9,16H,3-4,7-8,10H2,1-2H3. The fourth-order valence-electron chi connectivity index (χ4n) is 1.67. The molecule has 0 aromatic heterocycles. The average Bonchev–Trinajstić information content (AvgIpc) is 2.32. The zero-order valence-electron chi connectivity index (χ0n) is 10.5. The third-order valence-corrected chi connectivity index (χ3v) is 2.70. The first-order valence-corrected chi connectivity index (χ1v) is 6.04. The molecule has 96 valence electrons. The van der Waals surface area contributed by atoms with Crippen molar-refractivity contribution in [2.75, 3.05) is 26.2 Å². The Labute approximate surface area is 102 Å². The van der Waals surface area contributed by atoms with Crippen molar-refractivity contribution in [2.45, 2.75) is 20.4 Å². The van der Waals surface area contributed by atoms with Crippen LogP contribution in [0.25, 0.3) is 0 Å². The molecule has 0 bridgehead atoms. The number of halogens is 2. The van der Waals surface area contributed by atoms with Gasteiger partial charge in [0.25, 0.3) is 0 Å². The first kappa shape index (κ1) is 14.1. The molecule has 1 aromatic carbocycles. The van der Waals surface area contributed by atoms with Gasteiger partial charge in [0.05, 0.1) is 0 Å². The van der Waals surface area contributed by atoms with Crippen molar-refractivity contribution in [3.8, 4) is 0 Å². The molecule has 4 heteroatoms. The summed E-state index contributed by atoms with van der Waals surface area (Å²) in [6.07, 6.45) is 0. The Morgan fingerprint density at radius 3 is 2.65 bits per heavy atom. The van der Waals surface area contributed by atoms with E-state index >= 15 is 0 Å². The number of hydrogen-bond acceptors (Lipinski definition) is 2. The second-order valence-electron chi connectivity index (χ2n) is 3.96. The number of hydrogen-bond donors (Lipinski definition) is 1. The van der Waals surface area contributed by atoms with Crippen LogP contribution in [-0.2, 0) is 6.54 Å². The largest absolute Gasteiger partial charge is 0.316 e. The third kappa shape index (κ3) is 4.79. The van der Waals surface area contributed by atoms with Crippen LogP contribution < -0.4 is 5.32 Å². The molecule has 0 fully saturated rings. The van der Waals surface area contributed by atoms with Crippen molar-refractivity contribution in [1.29, 1.82) is 0 Å². The average molecular weight is 242 g/mol. The van der Waals surface area contributed by atoms with Crippen LogP contribution in [0.1, 0.15) is 19.4 Å². The molecular formula is C13H20F2N2. The first-order chi connectivity index (χ1) is 8.17. The summed E-state index contributed by atoms with van der Waals surface area (Å²) in [5, 5.41) is 3.22. The van der Waals surface area contributed by atoms with Gasteiger partial charge in [-0.1, -0.05) is 13.8 Å². The molecule has 0 aliphatic heterocycles. The Kier molecular flexibility index (Phi) is 6.08. The molecule has 0 atom stereocenters. The predicted molar refractivity (Wildman–Crippen MR) is 65.9 cm³/mol. The zero-order valence-corrected chi connectivity index (χ0v) is 10.5. The van der Waals surface area contributed by atoms with Gasteiger partial charge in [0.1, 0.15) is 11.6 Å². The molecule has 0 spiro atoms. The molecule has 1 rings (SSSR count). The van der Waals surface area contributed by atoms with E-state index in [1.165, 1.54) is 12.1 Å². The lowest BCUT2D eigenvalue weighted by Gasteiger charge is -2.20. The van der Waals surface area contributed by atoms with Crippen LogP contribution in [0.5, 0.6) is 0 Å². The lowest BCUT2D eigenvalue weighted by atomic mass is 10.2. The van der Waals surface area contributed by atoms with Crippen LogP contribution in [0, 0.1) is 11.6 Å². The molecule has 0 saturated heterocycles. The van der Waals surface area contributed by atoms with Crippen LogP contribution in [0.15, 0.2) is 18.2 Å². The molecule has 0 unspecified atom stereocenters. The highest BCUT2D eigenvalue weighted by Crippen LogP contribution is 2.12. The number of rotatable bonds is 7. The van der Waals surface area contributed by atoms with Crippen LogP contribution in [0.2, 0.25) is 0 Å². The number of nitrogens with zero attached hydrogens (tertiary/aromatic N) is 1. The fourth-order valence-corrected chi connectivity index (χ4v) is 1.67. The van der Waals surface area contributed by atoms with Crippen molar-refractivity contribution in [3.05, 3.63) is 35.4 Å². The summed E-state index contributed by atoms with van der Waals surface area (Å²) in [4.78, 5) is 2.08. The maximum Gasteiger partial charge on any atom is 0.127 e.